The maximum Gasteiger partial charge on any atom is 0.263 e. The van der Waals surface area contributed by atoms with Gasteiger partial charge in [0, 0.05) is 13.1 Å². The van der Waals surface area contributed by atoms with Crippen molar-refractivity contribution < 1.29 is 14.3 Å². The van der Waals surface area contributed by atoms with E-state index in [0.717, 1.165) is 38.1 Å². The largest absolute Gasteiger partial charge is 0.497 e. The quantitative estimate of drug-likeness (QED) is 0.705. The van der Waals surface area contributed by atoms with Gasteiger partial charge in [0.2, 0.25) is 0 Å². The van der Waals surface area contributed by atoms with Crippen molar-refractivity contribution in [3.63, 3.8) is 0 Å². The molecule has 3 rings (SSSR count). The summed E-state index contributed by atoms with van der Waals surface area (Å²) >= 11 is 1.31. The average Bonchev–Trinajstić information content (AvgIpc) is 3.17. The summed E-state index contributed by atoms with van der Waals surface area (Å²) in [7, 11) is 1.68. The van der Waals surface area contributed by atoms with Crippen molar-refractivity contribution >= 4 is 23.0 Å². The second-order valence-electron chi connectivity index (χ2n) is 6.87. The molecule has 138 valence electrons. The number of piperidine rings is 1. The minimum absolute atomic E-state index is 0.0186. The summed E-state index contributed by atoms with van der Waals surface area (Å²) in [4.78, 5) is 27.5. The number of rotatable bonds is 6. The molecule has 0 aliphatic carbocycles. The molecule has 1 aromatic carbocycles. The van der Waals surface area contributed by atoms with E-state index in [1.54, 1.807) is 19.2 Å². The molecule has 4 nitrogen and oxygen atoms in total. The van der Waals surface area contributed by atoms with E-state index in [1.165, 1.54) is 30.2 Å². The van der Waals surface area contributed by atoms with Gasteiger partial charge in [-0.1, -0.05) is 12.1 Å². The Labute approximate surface area is 158 Å². The highest BCUT2D eigenvalue weighted by molar-refractivity contribution is 7.15. The van der Waals surface area contributed by atoms with Crippen LogP contribution in [-0.4, -0.2) is 36.8 Å². The van der Waals surface area contributed by atoms with E-state index in [-0.39, 0.29) is 11.7 Å². The smallest absolute Gasteiger partial charge is 0.263 e. The lowest BCUT2D eigenvalue weighted by atomic mass is 9.91. The Kier molecular flexibility index (Phi) is 6.09. The van der Waals surface area contributed by atoms with Gasteiger partial charge in [0.05, 0.1) is 16.9 Å². The molecule has 1 aliphatic rings. The number of thiophene rings is 1. The normalized spacial score (nSPS) is 17.2. The molecular weight excluding hydrogens is 346 g/mol. The van der Waals surface area contributed by atoms with Gasteiger partial charge in [-0.2, -0.15) is 0 Å². The first kappa shape index (κ1) is 18.6. The van der Waals surface area contributed by atoms with E-state index in [4.69, 9.17) is 4.74 Å². The third kappa shape index (κ3) is 4.52. The lowest BCUT2D eigenvalue weighted by molar-refractivity contribution is 0.0673. The molecule has 2 heterocycles. The van der Waals surface area contributed by atoms with Crippen molar-refractivity contribution in [1.82, 2.24) is 4.90 Å². The molecule has 0 N–H and O–H groups in total. The van der Waals surface area contributed by atoms with Crippen molar-refractivity contribution in [3.05, 3.63) is 51.7 Å². The second kappa shape index (κ2) is 8.49. The van der Waals surface area contributed by atoms with E-state index in [2.05, 4.69) is 12.1 Å². The Morgan fingerprint density at radius 3 is 2.54 bits per heavy atom. The number of methoxy groups -OCH3 is 1. The number of nitrogens with zero attached hydrogens (tertiary/aromatic N) is 1. The number of ketones is 1. The molecule has 0 spiro atoms. The van der Waals surface area contributed by atoms with Gasteiger partial charge in [0.25, 0.3) is 5.91 Å². The maximum atomic E-state index is 12.7. The van der Waals surface area contributed by atoms with Gasteiger partial charge in [-0.3, -0.25) is 9.59 Å². The summed E-state index contributed by atoms with van der Waals surface area (Å²) in [5.41, 5.74) is 1.30. The summed E-state index contributed by atoms with van der Waals surface area (Å²) in [6.07, 6.45) is 4.32. The van der Waals surface area contributed by atoms with Crippen molar-refractivity contribution in [2.24, 2.45) is 5.92 Å². The molecule has 1 atom stereocenters. The Balaban J connectivity index is 1.55. The Morgan fingerprint density at radius 2 is 1.88 bits per heavy atom. The highest BCUT2D eigenvalue weighted by Gasteiger charge is 2.25. The SMILES string of the molecule is COc1ccc(CCC2CCCN(C(=O)c3ccc(C(C)=O)s3)C2)cc1. The zero-order valence-electron chi connectivity index (χ0n) is 15.4. The molecule has 1 fully saturated rings. The van der Waals surface area contributed by atoms with Crippen LogP contribution in [0.1, 0.15) is 51.1 Å². The highest BCUT2D eigenvalue weighted by Crippen LogP contribution is 2.25. The predicted octanol–water partition coefficient (Wildman–Crippen LogP) is 4.44. The van der Waals surface area contributed by atoms with Crippen LogP contribution in [0.2, 0.25) is 0 Å². The number of amides is 1. The van der Waals surface area contributed by atoms with E-state index in [1.807, 2.05) is 17.0 Å². The van der Waals surface area contributed by atoms with Gasteiger partial charge < -0.3 is 9.64 Å². The topological polar surface area (TPSA) is 46.6 Å². The fourth-order valence-electron chi connectivity index (χ4n) is 3.45. The van der Waals surface area contributed by atoms with Crippen LogP contribution in [0, 0.1) is 5.92 Å². The van der Waals surface area contributed by atoms with E-state index in [9.17, 15) is 9.59 Å². The van der Waals surface area contributed by atoms with E-state index < -0.39 is 0 Å². The summed E-state index contributed by atoms with van der Waals surface area (Å²) in [6.45, 7) is 3.16. The lowest BCUT2D eigenvalue weighted by Crippen LogP contribution is -2.39. The van der Waals surface area contributed by atoms with Crippen molar-refractivity contribution in [1.29, 1.82) is 0 Å². The fraction of sp³-hybridized carbons (Fsp3) is 0.429. The Hall–Kier alpha value is -2.14. The van der Waals surface area contributed by atoms with Crippen molar-refractivity contribution in [2.45, 2.75) is 32.6 Å². The molecule has 1 aromatic heterocycles. The summed E-state index contributed by atoms with van der Waals surface area (Å²) in [6, 6.07) is 11.7. The lowest BCUT2D eigenvalue weighted by Gasteiger charge is -2.32. The number of ether oxygens (including phenoxy) is 1. The monoisotopic (exact) mass is 371 g/mol. The summed E-state index contributed by atoms with van der Waals surface area (Å²) < 4.78 is 5.20. The molecule has 2 aromatic rings. The van der Waals surface area contributed by atoms with Crippen molar-refractivity contribution in [2.75, 3.05) is 20.2 Å². The average molecular weight is 372 g/mol. The number of hydrogen-bond donors (Lipinski definition) is 0. The number of likely N-dealkylation sites (tertiary alicyclic amines) is 1. The molecule has 5 heteroatoms. The van der Waals surface area contributed by atoms with Crippen LogP contribution in [-0.2, 0) is 6.42 Å². The van der Waals surface area contributed by atoms with Crippen LogP contribution in [0.5, 0.6) is 5.75 Å². The maximum absolute atomic E-state index is 12.7. The summed E-state index contributed by atoms with van der Waals surface area (Å²) in [5.74, 6) is 1.49. The molecule has 0 saturated carbocycles. The van der Waals surface area contributed by atoms with Crippen LogP contribution in [0.3, 0.4) is 0 Å². The second-order valence-corrected chi connectivity index (χ2v) is 7.95. The fourth-order valence-corrected chi connectivity index (χ4v) is 4.32. The molecule has 26 heavy (non-hydrogen) atoms. The van der Waals surface area contributed by atoms with Crippen LogP contribution in [0.15, 0.2) is 36.4 Å². The first-order chi connectivity index (χ1) is 12.6. The van der Waals surface area contributed by atoms with Crippen LogP contribution < -0.4 is 4.74 Å². The highest BCUT2D eigenvalue weighted by atomic mass is 32.1. The van der Waals surface area contributed by atoms with E-state index in [0.29, 0.717) is 15.7 Å². The molecule has 1 saturated heterocycles. The minimum Gasteiger partial charge on any atom is -0.497 e. The van der Waals surface area contributed by atoms with Crippen LogP contribution >= 0.6 is 11.3 Å². The predicted molar refractivity (Wildman–Crippen MR) is 104 cm³/mol. The Morgan fingerprint density at radius 1 is 1.15 bits per heavy atom. The molecule has 0 radical (unpaired) electrons. The molecule has 1 aliphatic heterocycles. The number of Topliss-reactive ketones (excluding diaryl/α,β-unsaturated/α-hetero) is 1. The first-order valence-corrected chi connectivity index (χ1v) is 9.91. The van der Waals surface area contributed by atoms with E-state index >= 15 is 0 Å². The van der Waals surface area contributed by atoms with Gasteiger partial charge in [-0.05, 0) is 68.4 Å². The van der Waals surface area contributed by atoms with Gasteiger partial charge in [0.1, 0.15) is 5.75 Å². The molecule has 1 amide bonds. The molecular formula is C21H25NO3S. The minimum atomic E-state index is 0.0186. The number of aryl methyl sites for hydroxylation is 1. The van der Waals surface area contributed by atoms with Crippen LogP contribution in [0.25, 0.3) is 0 Å². The molecule has 0 bridgehead atoms. The zero-order chi connectivity index (χ0) is 18.5. The molecule has 1 unspecified atom stereocenters. The van der Waals surface area contributed by atoms with Gasteiger partial charge >= 0.3 is 0 Å². The first-order valence-electron chi connectivity index (χ1n) is 9.10. The standard InChI is InChI=1S/C21H25NO3S/c1-15(23)19-11-12-20(26-19)21(24)22-13-3-4-17(14-22)6-5-16-7-9-18(25-2)10-8-16/h7-12,17H,3-6,13-14H2,1-2H3. The van der Waals surface area contributed by atoms with Crippen molar-refractivity contribution in [3.8, 4) is 5.75 Å². The Bertz CT molecular complexity index is 766. The van der Waals surface area contributed by atoms with Gasteiger partial charge in [0.15, 0.2) is 5.78 Å². The van der Waals surface area contributed by atoms with Gasteiger partial charge in [-0.25, -0.2) is 0 Å². The number of hydrogen-bond acceptors (Lipinski definition) is 4. The number of carbonyl (C=O) groups is 2. The third-order valence-electron chi connectivity index (χ3n) is 4.97. The summed E-state index contributed by atoms with van der Waals surface area (Å²) in [5, 5.41) is 0. The third-order valence-corrected chi connectivity index (χ3v) is 6.14. The number of carbonyl (C=O) groups excluding carboxylic acids is 2. The number of benzene rings is 1. The zero-order valence-corrected chi connectivity index (χ0v) is 16.2. The van der Waals surface area contributed by atoms with Gasteiger partial charge in [-0.15, -0.1) is 11.3 Å². The van der Waals surface area contributed by atoms with Crippen LogP contribution in [0.4, 0.5) is 0 Å².